The minimum atomic E-state index is -0.984. The summed E-state index contributed by atoms with van der Waals surface area (Å²) in [6.07, 6.45) is 6.90. The zero-order chi connectivity index (χ0) is 21.3. The molecule has 1 aliphatic heterocycles. The zero-order valence-corrected chi connectivity index (χ0v) is 15.7. The Bertz CT molecular complexity index is 1150. The molecule has 0 unspecified atom stereocenters. The second kappa shape index (κ2) is 7.85. The molecule has 154 valence electrons. The average molecular weight is 413 g/mol. The van der Waals surface area contributed by atoms with E-state index in [9.17, 15) is 18.4 Å². The molecule has 3 aromatic rings. The fraction of sp³-hybridized carbons (Fsp3) is 0.211. The van der Waals surface area contributed by atoms with Crippen LogP contribution in [0.2, 0.25) is 0 Å². The maximum absolute atomic E-state index is 13.8. The van der Waals surface area contributed by atoms with Gasteiger partial charge in [-0.1, -0.05) is 0 Å². The number of rotatable bonds is 4. The van der Waals surface area contributed by atoms with Crippen molar-refractivity contribution in [2.45, 2.75) is 0 Å². The van der Waals surface area contributed by atoms with Crippen LogP contribution in [0.25, 0.3) is 17.2 Å². The highest BCUT2D eigenvalue weighted by molar-refractivity contribution is 5.94. The van der Waals surface area contributed by atoms with Gasteiger partial charge < -0.3 is 20.5 Å². The van der Waals surface area contributed by atoms with Gasteiger partial charge in [0.1, 0.15) is 17.2 Å². The van der Waals surface area contributed by atoms with Crippen LogP contribution in [0.1, 0.15) is 16.1 Å². The molecule has 0 aliphatic carbocycles. The van der Waals surface area contributed by atoms with E-state index in [-0.39, 0.29) is 0 Å². The molecule has 1 aliphatic rings. The smallest absolute Gasteiger partial charge is 0.275 e. The molecule has 0 radical (unpaired) electrons. The van der Waals surface area contributed by atoms with Crippen molar-refractivity contribution >= 4 is 34.9 Å². The molecule has 9 nitrogen and oxygen atoms in total. The number of aromatic amines is 1. The molecule has 1 fully saturated rings. The second-order valence-corrected chi connectivity index (χ2v) is 6.67. The summed E-state index contributed by atoms with van der Waals surface area (Å²) in [6.45, 7) is 1.54. The molecule has 0 spiro atoms. The zero-order valence-electron chi connectivity index (χ0n) is 15.7. The van der Waals surface area contributed by atoms with Gasteiger partial charge in [0.2, 0.25) is 5.91 Å². The topological polar surface area (TPSA) is 121 Å². The third-order valence-corrected chi connectivity index (χ3v) is 4.73. The molecule has 1 saturated heterocycles. The molecule has 2 amide bonds. The summed E-state index contributed by atoms with van der Waals surface area (Å²) in [6, 6.07) is 0.641. The number of anilines is 1. The largest absolute Gasteiger partial charge is 0.366 e. The van der Waals surface area contributed by atoms with Crippen molar-refractivity contribution in [1.82, 2.24) is 24.8 Å². The molecule has 0 bridgehead atoms. The molecule has 0 saturated carbocycles. The second-order valence-electron chi connectivity index (χ2n) is 6.67. The molecule has 4 rings (SSSR count). The maximum atomic E-state index is 13.8. The van der Waals surface area contributed by atoms with Crippen LogP contribution in [0, 0.1) is 11.6 Å². The Morgan fingerprint density at radius 1 is 1.13 bits per heavy atom. The van der Waals surface area contributed by atoms with Crippen LogP contribution in [-0.2, 0) is 4.79 Å². The Hall–Kier alpha value is -3.89. The van der Waals surface area contributed by atoms with Crippen LogP contribution in [0.3, 0.4) is 0 Å². The average Bonchev–Trinajstić information content (AvgIpc) is 3.14. The third kappa shape index (κ3) is 3.81. The number of carbonyl (C=O) groups is 2. The summed E-state index contributed by atoms with van der Waals surface area (Å²) in [4.78, 5) is 42.4. The van der Waals surface area contributed by atoms with E-state index < -0.39 is 29.1 Å². The number of hydrogen-bond acceptors (Lipinski definition) is 6. The first-order valence-corrected chi connectivity index (χ1v) is 9.09. The number of H-pyrrole nitrogens is 1. The summed E-state index contributed by atoms with van der Waals surface area (Å²) in [5.74, 6) is -2.37. The molecular weight excluding hydrogens is 396 g/mol. The van der Waals surface area contributed by atoms with Crippen molar-refractivity contribution in [1.29, 1.82) is 0 Å². The van der Waals surface area contributed by atoms with Gasteiger partial charge in [-0.15, -0.1) is 0 Å². The minimum absolute atomic E-state index is 0.318. The van der Waals surface area contributed by atoms with Crippen LogP contribution in [0.15, 0.2) is 30.7 Å². The van der Waals surface area contributed by atoms with Gasteiger partial charge >= 0.3 is 0 Å². The van der Waals surface area contributed by atoms with Crippen molar-refractivity contribution in [3.8, 4) is 0 Å². The first-order chi connectivity index (χ1) is 14.4. The van der Waals surface area contributed by atoms with E-state index in [0.29, 0.717) is 54.8 Å². The Kier molecular flexibility index (Phi) is 5.09. The molecule has 0 atom stereocenters. The number of nitrogens with one attached hydrogen (secondary N) is 1. The van der Waals surface area contributed by atoms with Gasteiger partial charge in [0.25, 0.3) is 5.91 Å². The first-order valence-electron chi connectivity index (χ1n) is 9.09. The van der Waals surface area contributed by atoms with Crippen LogP contribution in [-0.4, -0.2) is 62.8 Å². The summed E-state index contributed by atoms with van der Waals surface area (Å²) in [7, 11) is 0. The molecule has 30 heavy (non-hydrogen) atoms. The van der Waals surface area contributed by atoms with Crippen LogP contribution < -0.4 is 10.6 Å². The Balaban J connectivity index is 1.48. The monoisotopic (exact) mass is 413 g/mol. The predicted molar refractivity (Wildman–Crippen MR) is 104 cm³/mol. The lowest BCUT2D eigenvalue weighted by molar-refractivity contribution is -0.113. The first kappa shape index (κ1) is 19.4. The lowest BCUT2D eigenvalue weighted by Gasteiger charge is -2.35. The standard InChI is InChI=1S/C19H17F2N7O2/c20-12-7-13(21)17(23-9-12)19(30)28-5-3-27(4-6-28)15-10-25-18-16(26-15)11(8-24-18)1-2-14(22)29/h1-2,7-10H,3-6H2,(H2,22,29)(H,24,25). The van der Waals surface area contributed by atoms with Crippen molar-refractivity contribution in [3.63, 3.8) is 0 Å². The van der Waals surface area contributed by atoms with Gasteiger partial charge in [-0.05, 0) is 6.08 Å². The number of aromatic nitrogens is 4. The third-order valence-electron chi connectivity index (χ3n) is 4.73. The van der Waals surface area contributed by atoms with E-state index >= 15 is 0 Å². The van der Waals surface area contributed by atoms with Gasteiger partial charge in [0.05, 0.1) is 12.4 Å². The van der Waals surface area contributed by atoms with Gasteiger partial charge in [-0.25, -0.2) is 23.7 Å². The number of piperazine rings is 1. The van der Waals surface area contributed by atoms with E-state index in [1.54, 1.807) is 18.5 Å². The van der Waals surface area contributed by atoms with E-state index in [1.165, 1.54) is 11.0 Å². The Morgan fingerprint density at radius 2 is 1.90 bits per heavy atom. The van der Waals surface area contributed by atoms with E-state index in [1.807, 2.05) is 4.90 Å². The van der Waals surface area contributed by atoms with Crippen LogP contribution in [0.5, 0.6) is 0 Å². The number of nitrogens with zero attached hydrogens (tertiary/aromatic N) is 5. The quantitative estimate of drug-likeness (QED) is 0.618. The SMILES string of the molecule is NC(=O)C=Cc1c[nH]c2ncc(N3CCN(C(=O)c4ncc(F)cc4F)CC3)nc12. The molecule has 3 N–H and O–H groups in total. The highest BCUT2D eigenvalue weighted by Gasteiger charge is 2.26. The lowest BCUT2D eigenvalue weighted by atomic mass is 10.2. The van der Waals surface area contributed by atoms with E-state index in [2.05, 4.69) is 19.9 Å². The number of halogens is 2. The molecular formula is C19H17F2N7O2. The number of carbonyl (C=O) groups excluding carboxylic acids is 2. The summed E-state index contributed by atoms with van der Waals surface area (Å²) in [5.41, 5.74) is 6.56. The fourth-order valence-electron chi connectivity index (χ4n) is 3.21. The fourth-order valence-corrected chi connectivity index (χ4v) is 3.21. The number of primary amides is 1. The number of hydrogen-bond donors (Lipinski definition) is 2. The lowest BCUT2D eigenvalue weighted by Crippen LogP contribution is -2.49. The minimum Gasteiger partial charge on any atom is -0.366 e. The maximum Gasteiger partial charge on any atom is 0.275 e. The van der Waals surface area contributed by atoms with Crippen molar-refractivity contribution in [2.75, 3.05) is 31.1 Å². The molecule has 4 heterocycles. The summed E-state index contributed by atoms with van der Waals surface area (Å²) < 4.78 is 26.9. The Morgan fingerprint density at radius 3 is 2.60 bits per heavy atom. The number of nitrogens with two attached hydrogens (primary N) is 1. The van der Waals surface area contributed by atoms with Gasteiger partial charge in [0, 0.05) is 50.1 Å². The molecule has 3 aromatic heterocycles. The molecule has 0 aromatic carbocycles. The van der Waals surface area contributed by atoms with Crippen molar-refractivity contribution in [3.05, 3.63) is 53.6 Å². The van der Waals surface area contributed by atoms with Crippen molar-refractivity contribution in [2.24, 2.45) is 5.73 Å². The van der Waals surface area contributed by atoms with Crippen LogP contribution >= 0.6 is 0 Å². The van der Waals surface area contributed by atoms with E-state index in [4.69, 9.17) is 5.73 Å². The Labute approximate surface area is 169 Å². The normalized spacial score (nSPS) is 14.6. The van der Waals surface area contributed by atoms with Crippen molar-refractivity contribution < 1.29 is 18.4 Å². The highest BCUT2D eigenvalue weighted by atomic mass is 19.1. The summed E-state index contributed by atoms with van der Waals surface area (Å²) >= 11 is 0. The van der Waals surface area contributed by atoms with Gasteiger partial charge in [0.15, 0.2) is 17.2 Å². The number of fused-ring (bicyclic) bond motifs is 1. The summed E-state index contributed by atoms with van der Waals surface area (Å²) in [5, 5.41) is 0. The van der Waals surface area contributed by atoms with Crippen LogP contribution in [0.4, 0.5) is 14.6 Å². The number of amides is 2. The highest BCUT2D eigenvalue weighted by Crippen LogP contribution is 2.21. The van der Waals surface area contributed by atoms with Gasteiger partial charge in [-0.2, -0.15) is 0 Å². The van der Waals surface area contributed by atoms with E-state index in [0.717, 1.165) is 6.20 Å². The number of pyridine rings is 1. The van der Waals surface area contributed by atoms with Gasteiger partial charge in [-0.3, -0.25) is 9.59 Å². The predicted octanol–water partition coefficient (Wildman–Crippen LogP) is 1.09. The molecule has 11 heteroatoms.